The van der Waals surface area contributed by atoms with Crippen LogP contribution in [-0.2, 0) is 19.7 Å². The second kappa shape index (κ2) is 9.76. The number of rotatable bonds is 8. The first-order valence-corrected chi connectivity index (χ1v) is 10.9. The molecule has 0 aliphatic rings. The maximum Gasteiger partial charge on any atom is 0.263 e. The quantitative estimate of drug-likeness (QED) is 0.414. The Hall–Kier alpha value is -3.16. The molecule has 0 saturated heterocycles. The van der Waals surface area contributed by atoms with Gasteiger partial charge in [-0.25, -0.2) is 9.97 Å². The Balaban J connectivity index is 1.30. The number of nitrogens with one attached hydrogen (secondary N) is 1. The third kappa shape index (κ3) is 5.71. The lowest BCUT2D eigenvalue weighted by atomic mass is 10.1. The van der Waals surface area contributed by atoms with Gasteiger partial charge in [-0.05, 0) is 42.3 Å². The van der Waals surface area contributed by atoms with E-state index in [0.29, 0.717) is 34.5 Å². The van der Waals surface area contributed by atoms with E-state index in [1.54, 1.807) is 36.8 Å². The summed E-state index contributed by atoms with van der Waals surface area (Å²) in [5, 5.41) is 4.38. The van der Waals surface area contributed by atoms with E-state index in [9.17, 15) is 4.79 Å². The number of imidazole rings is 1. The largest absolute Gasteiger partial charge is 0.486 e. The monoisotopic (exact) mass is 452 g/mol. The number of carbonyl (C=O) groups excluding carboxylic acids is 1. The van der Waals surface area contributed by atoms with Crippen molar-refractivity contribution in [3.8, 4) is 5.75 Å². The smallest absolute Gasteiger partial charge is 0.263 e. The summed E-state index contributed by atoms with van der Waals surface area (Å²) in [4.78, 5) is 21.8. The molecule has 0 bridgehead atoms. The van der Waals surface area contributed by atoms with Gasteiger partial charge in [-0.3, -0.25) is 4.79 Å². The van der Waals surface area contributed by atoms with Gasteiger partial charge in [0.25, 0.3) is 5.91 Å². The lowest BCUT2D eigenvalue weighted by Crippen LogP contribution is -2.22. The number of aryl methyl sites for hydroxylation is 1. The Morgan fingerprint density at radius 3 is 2.58 bits per heavy atom. The number of benzene rings is 2. The summed E-state index contributed by atoms with van der Waals surface area (Å²) in [6.07, 6.45) is 5.49. The van der Waals surface area contributed by atoms with Gasteiger partial charge in [-0.1, -0.05) is 35.9 Å². The maximum atomic E-state index is 12.6. The topological polar surface area (TPSA) is 69.0 Å². The number of amides is 1. The highest BCUT2D eigenvalue weighted by Gasteiger charge is 2.15. The molecule has 0 atom stereocenters. The van der Waals surface area contributed by atoms with Crippen LogP contribution in [0.1, 0.15) is 31.5 Å². The van der Waals surface area contributed by atoms with Crippen LogP contribution < -0.4 is 10.1 Å². The molecule has 0 unspecified atom stereocenters. The zero-order chi connectivity index (χ0) is 21.6. The van der Waals surface area contributed by atoms with E-state index < -0.39 is 0 Å². The predicted molar refractivity (Wildman–Crippen MR) is 122 cm³/mol. The van der Waals surface area contributed by atoms with Crippen LogP contribution in [0.25, 0.3) is 0 Å². The highest BCUT2D eigenvalue weighted by molar-refractivity contribution is 7.13. The first-order chi connectivity index (χ1) is 15.1. The van der Waals surface area contributed by atoms with E-state index in [1.165, 1.54) is 16.9 Å². The first-order valence-electron chi connectivity index (χ1n) is 9.73. The Morgan fingerprint density at radius 1 is 1.13 bits per heavy atom. The maximum absolute atomic E-state index is 12.6. The first kappa shape index (κ1) is 21.1. The highest BCUT2D eigenvalue weighted by Crippen LogP contribution is 2.21. The third-order valence-electron chi connectivity index (χ3n) is 4.62. The normalized spacial score (nSPS) is 10.8. The van der Waals surface area contributed by atoms with Crippen LogP contribution in [-0.4, -0.2) is 20.4 Å². The summed E-state index contributed by atoms with van der Waals surface area (Å²) in [6.45, 7) is 3.37. The van der Waals surface area contributed by atoms with Crippen LogP contribution in [0.3, 0.4) is 0 Å². The van der Waals surface area contributed by atoms with E-state index in [4.69, 9.17) is 16.3 Å². The van der Waals surface area contributed by atoms with Gasteiger partial charge >= 0.3 is 0 Å². The molecule has 6 nitrogen and oxygen atoms in total. The van der Waals surface area contributed by atoms with Crippen molar-refractivity contribution in [3.63, 3.8) is 0 Å². The van der Waals surface area contributed by atoms with Crippen LogP contribution in [0.2, 0.25) is 5.02 Å². The van der Waals surface area contributed by atoms with E-state index >= 15 is 0 Å². The SMILES string of the molecule is Cc1nc(COc2ccc(Cl)cc2)sc1C(=O)NCc1ccc(Cn2ccnc2)cc1. The van der Waals surface area contributed by atoms with Gasteiger partial charge in [0.05, 0.1) is 12.0 Å². The zero-order valence-electron chi connectivity index (χ0n) is 16.9. The zero-order valence-corrected chi connectivity index (χ0v) is 18.5. The van der Waals surface area contributed by atoms with Gasteiger partial charge in [-0.2, -0.15) is 0 Å². The number of hydrogen-bond acceptors (Lipinski definition) is 5. The molecule has 2 aromatic heterocycles. The van der Waals surface area contributed by atoms with Crippen molar-refractivity contribution in [2.24, 2.45) is 0 Å². The lowest BCUT2D eigenvalue weighted by Gasteiger charge is -2.07. The average Bonchev–Trinajstić information content (AvgIpc) is 3.42. The van der Waals surface area contributed by atoms with Crippen molar-refractivity contribution in [3.05, 3.63) is 99.0 Å². The fraction of sp³-hybridized carbons (Fsp3) is 0.174. The minimum absolute atomic E-state index is 0.129. The number of carbonyl (C=O) groups is 1. The van der Waals surface area contributed by atoms with Gasteiger partial charge in [0.1, 0.15) is 22.2 Å². The van der Waals surface area contributed by atoms with Gasteiger partial charge in [0, 0.05) is 30.5 Å². The van der Waals surface area contributed by atoms with Crippen molar-refractivity contribution in [1.82, 2.24) is 19.9 Å². The Bertz CT molecular complexity index is 1140. The third-order valence-corrected chi connectivity index (χ3v) is 6.01. The molecule has 1 amide bonds. The summed E-state index contributed by atoms with van der Waals surface area (Å²) in [5.74, 6) is 0.579. The molecule has 1 N–H and O–H groups in total. The molecule has 2 aromatic carbocycles. The van der Waals surface area contributed by atoms with Crippen LogP contribution >= 0.6 is 22.9 Å². The van der Waals surface area contributed by atoms with E-state index in [2.05, 4.69) is 27.4 Å². The van der Waals surface area contributed by atoms with Crippen molar-refractivity contribution in [2.75, 3.05) is 0 Å². The van der Waals surface area contributed by atoms with E-state index in [-0.39, 0.29) is 5.91 Å². The standard InChI is InChI=1S/C23H21ClN4O2S/c1-16-22(31-21(27-16)14-30-20-8-6-19(24)7-9-20)23(29)26-12-17-2-4-18(5-3-17)13-28-11-10-25-15-28/h2-11,15H,12-14H2,1H3,(H,26,29). The second-order valence-electron chi connectivity index (χ2n) is 7.00. The molecule has 2 heterocycles. The van der Waals surface area contributed by atoms with Gasteiger partial charge in [-0.15, -0.1) is 11.3 Å². The molecule has 158 valence electrons. The Morgan fingerprint density at radius 2 is 1.87 bits per heavy atom. The molecule has 0 aliphatic carbocycles. The molecular weight excluding hydrogens is 432 g/mol. The van der Waals surface area contributed by atoms with Crippen molar-refractivity contribution in [1.29, 1.82) is 0 Å². The molecule has 0 saturated carbocycles. The minimum atomic E-state index is -0.129. The average molecular weight is 453 g/mol. The second-order valence-corrected chi connectivity index (χ2v) is 8.52. The molecular formula is C23H21ClN4O2S. The van der Waals surface area contributed by atoms with Gasteiger partial charge in [0.15, 0.2) is 0 Å². The summed E-state index contributed by atoms with van der Waals surface area (Å²) in [7, 11) is 0. The van der Waals surface area contributed by atoms with Crippen LogP contribution in [0, 0.1) is 6.92 Å². The lowest BCUT2D eigenvalue weighted by molar-refractivity contribution is 0.0954. The molecule has 0 fully saturated rings. The van der Waals surface area contributed by atoms with Crippen LogP contribution in [0.4, 0.5) is 0 Å². The Labute approximate surface area is 189 Å². The number of ether oxygens (including phenoxy) is 1. The van der Waals surface area contributed by atoms with Gasteiger partial charge < -0.3 is 14.6 Å². The van der Waals surface area contributed by atoms with Crippen molar-refractivity contribution >= 4 is 28.8 Å². The van der Waals surface area contributed by atoms with E-state index in [0.717, 1.165) is 17.1 Å². The number of thiazole rings is 1. The Kier molecular flexibility index (Phi) is 6.64. The van der Waals surface area contributed by atoms with Crippen LogP contribution in [0.15, 0.2) is 67.3 Å². The number of nitrogens with zero attached hydrogens (tertiary/aromatic N) is 3. The summed E-state index contributed by atoms with van der Waals surface area (Å²) >= 11 is 7.23. The van der Waals surface area contributed by atoms with Gasteiger partial charge in [0.2, 0.25) is 0 Å². The molecule has 0 radical (unpaired) electrons. The van der Waals surface area contributed by atoms with E-state index in [1.807, 2.05) is 29.8 Å². The molecule has 4 rings (SSSR count). The molecule has 0 spiro atoms. The fourth-order valence-corrected chi connectivity index (χ4v) is 4.04. The summed E-state index contributed by atoms with van der Waals surface area (Å²) in [6, 6.07) is 15.3. The predicted octanol–water partition coefficient (Wildman–Crippen LogP) is 4.86. The summed E-state index contributed by atoms with van der Waals surface area (Å²) in [5.41, 5.74) is 2.92. The molecule has 0 aliphatic heterocycles. The van der Waals surface area contributed by atoms with Crippen molar-refractivity contribution in [2.45, 2.75) is 26.6 Å². The minimum Gasteiger partial charge on any atom is -0.486 e. The molecule has 4 aromatic rings. The highest BCUT2D eigenvalue weighted by atomic mass is 35.5. The molecule has 8 heteroatoms. The number of aromatic nitrogens is 3. The van der Waals surface area contributed by atoms with Crippen LogP contribution in [0.5, 0.6) is 5.75 Å². The number of hydrogen-bond donors (Lipinski definition) is 1. The van der Waals surface area contributed by atoms with Crippen molar-refractivity contribution < 1.29 is 9.53 Å². The molecule has 31 heavy (non-hydrogen) atoms. The summed E-state index contributed by atoms with van der Waals surface area (Å²) < 4.78 is 7.74. The fourth-order valence-electron chi connectivity index (χ4n) is 3.02. The number of halogens is 1.